The minimum absolute atomic E-state index is 0.0359. The second kappa shape index (κ2) is 7.84. The third-order valence-corrected chi connectivity index (χ3v) is 4.31. The quantitative estimate of drug-likeness (QED) is 0.634. The average molecular weight is 339 g/mol. The van der Waals surface area contributed by atoms with Crippen molar-refractivity contribution in [1.82, 2.24) is 10.2 Å². The molecule has 0 spiro atoms. The van der Waals surface area contributed by atoms with Crippen LogP contribution in [0.5, 0.6) is 5.75 Å². The third kappa shape index (κ3) is 4.60. The van der Waals surface area contributed by atoms with Gasteiger partial charge in [0.2, 0.25) is 0 Å². The second-order valence-electron chi connectivity index (χ2n) is 6.33. The lowest BCUT2D eigenvalue weighted by molar-refractivity contribution is -0.132. The van der Waals surface area contributed by atoms with Crippen molar-refractivity contribution in [1.29, 1.82) is 5.26 Å². The lowest BCUT2D eigenvalue weighted by Crippen LogP contribution is -2.32. The number of benzene rings is 1. The van der Waals surface area contributed by atoms with Gasteiger partial charge in [0.05, 0.1) is 0 Å². The molecule has 0 bridgehead atoms. The van der Waals surface area contributed by atoms with Crippen molar-refractivity contribution in [3.63, 3.8) is 0 Å². The first-order chi connectivity index (χ1) is 12.2. The lowest BCUT2D eigenvalue weighted by atomic mass is 10.1. The molecule has 0 unspecified atom stereocenters. The van der Waals surface area contributed by atoms with Crippen LogP contribution in [0.3, 0.4) is 0 Å². The fourth-order valence-corrected chi connectivity index (χ4v) is 2.72. The van der Waals surface area contributed by atoms with E-state index >= 15 is 0 Å². The lowest BCUT2D eigenvalue weighted by Gasteiger charge is -2.16. The fraction of sp³-hybridized carbons (Fsp3) is 0.421. The minimum Gasteiger partial charge on any atom is -0.483 e. The number of carbonyl (C=O) groups excluding carboxylic acids is 2. The zero-order chi connectivity index (χ0) is 17.6. The summed E-state index contributed by atoms with van der Waals surface area (Å²) in [6.07, 6.45) is 5.50. The molecule has 1 aliphatic carbocycles. The van der Waals surface area contributed by atoms with Crippen LogP contribution in [-0.2, 0) is 9.59 Å². The van der Waals surface area contributed by atoms with Crippen LogP contribution in [0, 0.1) is 11.3 Å². The molecule has 1 heterocycles. The molecule has 0 atom stereocenters. The van der Waals surface area contributed by atoms with Gasteiger partial charge in [0, 0.05) is 24.7 Å². The van der Waals surface area contributed by atoms with E-state index in [0.717, 1.165) is 38.8 Å². The first-order valence-electron chi connectivity index (χ1n) is 8.59. The van der Waals surface area contributed by atoms with E-state index in [1.807, 2.05) is 6.07 Å². The molecule has 3 rings (SSSR count). The molecule has 2 fully saturated rings. The number of amides is 2. The van der Waals surface area contributed by atoms with E-state index in [-0.39, 0.29) is 30.0 Å². The van der Waals surface area contributed by atoms with Crippen LogP contribution in [-0.4, -0.2) is 42.5 Å². The maximum Gasteiger partial charge on any atom is 0.262 e. The highest BCUT2D eigenvalue weighted by Crippen LogP contribution is 2.23. The number of carbonyl (C=O) groups is 2. The number of hydrogen-bond donors (Lipinski definition) is 1. The van der Waals surface area contributed by atoms with Crippen molar-refractivity contribution in [2.24, 2.45) is 0 Å². The molecule has 1 saturated carbocycles. The van der Waals surface area contributed by atoms with Crippen LogP contribution in [0.4, 0.5) is 0 Å². The number of nitriles is 1. The first kappa shape index (κ1) is 17.0. The minimum atomic E-state index is -0.368. The van der Waals surface area contributed by atoms with Gasteiger partial charge in [-0.25, -0.2) is 0 Å². The first-order valence-corrected chi connectivity index (χ1v) is 8.59. The summed E-state index contributed by atoms with van der Waals surface area (Å²) in [5.74, 6) is 0.0817. The highest BCUT2D eigenvalue weighted by atomic mass is 16.5. The Bertz CT molecular complexity index is 726. The average Bonchev–Trinajstić information content (AvgIpc) is 3.26. The highest BCUT2D eigenvalue weighted by Gasteiger charge is 2.25. The van der Waals surface area contributed by atoms with Crippen LogP contribution >= 0.6 is 0 Å². The number of ether oxygens (including phenoxy) is 1. The molecule has 2 aliphatic rings. The van der Waals surface area contributed by atoms with E-state index in [4.69, 9.17) is 4.74 Å². The molecule has 130 valence electrons. The third-order valence-electron chi connectivity index (χ3n) is 4.31. The summed E-state index contributed by atoms with van der Waals surface area (Å²) < 4.78 is 5.65. The van der Waals surface area contributed by atoms with Crippen LogP contribution in [0.25, 0.3) is 6.08 Å². The molecule has 1 aromatic rings. The van der Waals surface area contributed by atoms with Crippen molar-refractivity contribution < 1.29 is 14.3 Å². The van der Waals surface area contributed by atoms with Crippen LogP contribution in [0.1, 0.15) is 31.2 Å². The van der Waals surface area contributed by atoms with E-state index in [2.05, 4.69) is 5.32 Å². The van der Waals surface area contributed by atoms with Gasteiger partial charge in [-0.1, -0.05) is 18.2 Å². The summed E-state index contributed by atoms with van der Waals surface area (Å²) in [6, 6.07) is 9.22. The van der Waals surface area contributed by atoms with E-state index < -0.39 is 0 Å². The zero-order valence-corrected chi connectivity index (χ0v) is 14.0. The molecule has 1 aliphatic heterocycles. The van der Waals surface area contributed by atoms with Crippen molar-refractivity contribution >= 4 is 17.9 Å². The van der Waals surface area contributed by atoms with Gasteiger partial charge in [-0.3, -0.25) is 9.59 Å². The Kier molecular flexibility index (Phi) is 5.34. The van der Waals surface area contributed by atoms with E-state index in [1.165, 1.54) is 6.08 Å². The van der Waals surface area contributed by atoms with Gasteiger partial charge in [0.25, 0.3) is 11.8 Å². The molecule has 1 N–H and O–H groups in total. The predicted octanol–water partition coefficient (Wildman–Crippen LogP) is 1.87. The van der Waals surface area contributed by atoms with Gasteiger partial charge in [0.15, 0.2) is 6.61 Å². The van der Waals surface area contributed by atoms with E-state index in [1.54, 1.807) is 29.2 Å². The Labute approximate surface area is 147 Å². The second-order valence-corrected chi connectivity index (χ2v) is 6.33. The summed E-state index contributed by atoms with van der Waals surface area (Å²) >= 11 is 0. The van der Waals surface area contributed by atoms with Crippen molar-refractivity contribution in [3.05, 3.63) is 35.4 Å². The number of likely N-dealkylation sites (tertiary alicyclic amines) is 1. The van der Waals surface area contributed by atoms with Crippen LogP contribution in [0.15, 0.2) is 29.8 Å². The van der Waals surface area contributed by atoms with E-state index in [9.17, 15) is 14.9 Å². The Hall–Kier alpha value is -2.81. The van der Waals surface area contributed by atoms with E-state index in [0.29, 0.717) is 11.3 Å². The largest absolute Gasteiger partial charge is 0.483 e. The molecular formula is C19H21N3O3. The predicted molar refractivity (Wildman–Crippen MR) is 92.5 cm³/mol. The molecule has 6 nitrogen and oxygen atoms in total. The molecule has 2 amide bonds. The molecule has 25 heavy (non-hydrogen) atoms. The van der Waals surface area contributed by atoms with Gasteiger partial charge in [-0.05, 0) is 37.8 Å². The van der Waals surface area contributed by atoms with Gasteiger partial charge in [-0.2, -0.15) is 5.26 Å². The van der Waals surface area contributed by atoms with Crippen molar-refractivity contribution in [2.45, 2.75) is 31.7 Å². The highest BCUT2D eigenvalue weighted by molar-refractivity contribution is 6.02. The van der Waals surface area contributed by atoms with Gasteiger partial charge < -0.3 is 15.0 Å². The molecule has 0 aromatic heterocycles. The van der Waals surface area contributed by atoms with Crippen molar-refractivity contribution in [2.75, 3.05) is 19.7 Å². The summed E-state index contributed by atoms with van der Waals surface area (Å²) in [4.78, 5) is 26.0. The molecule has 6 heteroatoms. The fourth-order valence-electron chi connectivity index (χ4n) is 2.72. The molecular weight excluding hydrogens is 318 g/mol. The maximum atomic E-state index is 12.1. The van der Waals surface area contributed by atoms with Gasteiger partial charge in [-0.15, -0.1) is 0 Å². The van der Waals surface area contributed by atoms with Crippen LogP contribution in [0.2, 0.25) is 0 Å². The summed E-state index contributed by atoms with van der Waals surface area (Å²) in [5, 5.41) is 12.1. The number of para-hydroxylation sites is 1. The smallest absolute Gasteiger partial charge is 0.262 e. The normalized spacial score (nSPS) is 17.1. The number of rotatable bonds is 6. The molecule has 1 aromatic carbocycles. The molecule has 0 radical (unpaired) electrons. The Morgan fingerprint density at radius 3 is 2.68 bits per heavy atom. The number of nitrogens with zero attached hydrogens (tertiary/aromatic N) is 2. The van der Waals surface area contributed by atoms with Crippen molar-refractivity contribution in [3.8, 4) is 11.8 Å². The summed E-state index contributed by atoms with van der Waals surface area (Å²) in [5.41, 5.74) is 0.646. The number of nitrogens with one attached hydrogen (secondary N) is 1. The zero-order valence-electron chi connectivity index (χ0n) is 14.0. The number of hydrogen-bond acceptors (Lipinski definition) is 4. The van der Waals surface area contributed by atoms with Gasteiger partial charge in [0.1, 0.15) is 17.4 Å². The SMILES string of the molecule is N#C/C(=C\c1ccccc1OCC(=O)N1CCCC1)C(=O)NC1CC1. The standard InChI is InChI=1S/C19H21N3O3/c20-12-15(19(24)21-16-7-8-16)11-14-5-1-2-6-17(14)25-13-18(23)22-9-3-4-10-22/h1-2,5-6,11,16H,3-4,7-10,13H2,(H,21,24)/b15-11+. The molecule has 1 saturated heterocycles. The Morgan fingerprint density at radius 1 is 1.28 bits per heavy atom. The van der Waals surface area contributed by atoms with Gasteiger partial charge >= 0.3 is 0 Å². The maximum absolute atomic E-state index is 12.1. The summed E-state index contributed by atoms with van der Waals surface area (Å²) in [6.45, 7) is 1.52. The monoisotopic (exact) mass is 339 g/mol. The Morgan fingerprint density at radius 2 is 2.00 bits per heavy atom. The van der Waals surface area contributed by atoms with Crippen LogP contribution < -0.4 is 10.1 Å². The Balaban J connectivity index is 1.68. The summed E-state index contributed by atoms with van der Waals surface area (Å²) in [7, 11) is 0. The topological polar surface area (TPSA) is 82.4 Å².